The van der Waals surface area contributed by atoms with Gasteiger partial charge in [0.1, 0.15) is 6.61 Å². The highest BCUT2D eigenvalue weighted by Gasteiger charge is 2.30. The first kappa shape index (κ1) is 23.1. The van der Waals surface area contributed by atoms with Crippen LogP contribution in [-0.4, -0.2) is 45.1 Å². The van der Waals surface area contributed by atoms with E-state index in [0.717, 1.165) is 29.5 Å². The van der Waals surface area contributed by atoms with Gasteiger partial charge in [-0.25, -0.2) is 4.98 Å². The lowest BCUT2D eigenvalue weighted by molar-refractivity contribution is -0.137. The zero-order valence-electron chi connectivity index (χ0n) is 19.0. The van der Waals surface area contributed by atoms with Gasteiger partial charge >= 0.3 is 6.18 Å². The van der Waals surface area contributed by atoms with E-state index in [2.05, 4.69) is 35.6 Å². The minimum atomic E-state index is -4.47. The minimum Gasteiger partial charge on any atom is -0.471 e. The Morgan fingerprint density at radius 3 is 2.50 bits per heavy atom. The largest absolute Gasteiger partial charge is 0.471 e. The molecule has 0 N–H and O–H groups in total. The van der Waals surface area contributed by atoms with Crippen molar-refractivity contribution in [2.45, 2.75) is 19.2 Å². The first-order valence-corrected chi connectivity index (χ1v) is 10.6. The Morgan fingerprint density at radius 1 is 1.03 bits per heavy atom. The SMILES string of the molecule is Cn1nnc(Cc2ccc(-c3noc(-c4cnn(C)c4COc4ccc(C(F)(F)F)cn4)n3)cc2)n1. The predicted octanol–water partition coefficient (Wildman–Crippen LogP) is 3.24. The van der Waals surface area contributed by atoms with E-state index in [1.54, 1.807) is 25.0 Å². The van der Waals surface area contributed by atoms with Gasteiger partial charge in [-0.3, -0.25) is 4.68 Å². The molecule has 0 radical (unpaired) electrons. The number of hydrogen-bond acceptors (Lipinski definition) is 9. The molecular weight excluding hydrogens is 479 g/mol. The molecule has 0 saturated heterocycles. The molecule has 5 aromatic rings. The fourth-order valence-electron chi connectivity index (χ4n) is 3.39. The third-order valence-electron chi connectivity index (χ3n) is 5.26. The van der Waals surface area contributed by atoms with Crippen LogP contribution in [0.25, 0.3) is 22.8 Å². The Morgan fingerprint density at radius 2 is 1.83 bits per heavy atom. The lowest BCUT2D eigenvalue weighted by atomic mass is 10.1. The van der Waals surface area contributed by atoms with E-state index in [1.165, 1.54) is 4.80 Å². The normalized spacial score (nSPS) is 11.7. The van der Waals surface area contributed by atoms with Crippen molar-refractivity contribution in [3.63, 3.8) is 0 Å². The Kier molecular flexibility index (Phi) is 5.91. The van der Waals surface area contributed by atoms with Crippen molar-refractivity contribution in [1.29, 1.82) is 0 Å². The molecule has 11 nitrogen and oxygen atoms in total. The Labute approximate surface area is 201 Å². The number of aromatic nitrogens is 9. The second-order valence-corrected chi connectivity index (χ2v) is 7.79. The zero-order chi connectivity index (χ0) is 25.3. The third kappa shape index (κ3) is 4.92. The second kappa shape index (κ2) is 9.20. The number of alkyl halides is 3. The van der Waals surface area contributed by atoms with E-state index >= 15 is 0 Å². The topological polar surface area (TPSA) is 122 Å². The maximum atomic E-state index is 12.7. The van der Waals surface area contributed by atoms with Crippen LogP contribution in [0.4, 0.5) is 13.2 Å². The third-order valence-corrected chi connectivity index (χ3v) is 5.26. The minimum absolute atomic E-state index is 0.0208. The Balaban J connectivity index is 1.29. The molecule has 0 aliphatic carbocycles. The number of halogens is 3. The zero-order valence-corrected chi connectivity index (χ0v) is 19.0. The molecule has 4 aromatic heterocycles. The van der Waals surface area contributed by atoms with Crippen LogP contribution in [-0.2, 0) is 33.3 Å². The van der Waals surface area contributed by atoms with E-state index in [-0.39, 0.29) is 18.4 Å². The number of pyridine rings is 1. The average Bonchev–Trinajstić information content (AvgIpc) is 3.58. The van der Waals surface area contributed by atoms with Gasteiger partial charge in [0.25, 0.3) is 5.89 Å². The summed E-state index contributed by atoms with van der Waals surface area (Å²) in [5.41, 5.74) is 2.01. The molecule has 0 fully saturated rings. The van der Waals surface area contributed by atoms with Crippen LogP contribution >= 0.6 is 0 Å². The fourth-order valence-corrected chi connectivity index (χ4v) is 3.39. The molecular formula is C22H18F3N9O2. The first-order valence-electron chi connectivity index (χ1n) is 10.6. The summed E-state index contributed by atoms with van der Waals surface area (Å²) in [4.78, 5) is 9.59. The summed E-state index contributed by atoms with van der Waals surface area (Å²) >= 11 is 0. The van der Waals surface area contributed by atoms with Gasteiger partial charge < -0.3 is 9.26 Å². The van der Waals surface area contributed by atoms with Gasteiger partial charge in [-0.2, -0.15) is 28.1 Å². The lowest BCUT2D eigenvalue weighted by Crippen LogP contribution is -2.07. The number of rotatable bonds is 7. The summed E-state index contributed by atoms with van der Waals surface area (Å²) in [5.74, 6) is 1.27. The van der Waals surface area contributed by atoms with Crippen LogP contribution in [0.2, 0.25) is 0 Å². The standard InChI is InChI=1S/C22H18F3N9O2/c1-33-17(12-35-19-8-7-15(10-26-19)22(23,24)25)16(11-27-33)21-28-20(31-36-21)14-5-3-13(4-6-14)9-18-29-32-34(2)30-18/h3-8,10-11H,9,12H2,1-2H3. The molecule has 5 rings (SSSR count). The number of hydrogen-bond donors (Lipinski definition) is 0. The second-order valence-electron chi connectivity index (χ2n) is 7.79. The first-order chi connectivity index (χ1) is 17.3. The summed E-state index contributed by atoms with van der Waals surface area (Å²) in [6.45, 7) is -0.0208. The van der Waals surface area contributed by atoms with Crippen LogP contribution in [0, 0.1) is 0 Å². The molecule has 0 aliphatic rings. The number of tetrazole rings is 1. The number of aryl methyl sites for hydroxylation is 2. The molecule has 14 heteroatoms. The van der Waals surface area contributed by atoms with Crippen molar-refractivity contribution in [1.82, 2.24) is 45.1 Å². The molecule has 1 aromatic carbocycles. The molecule has 0 unspecified atom stereocenters. The van der Waals surface area contributed by atoms with E-state index in [1.807, 2.05) is 24.3 Å². The molecule has 0 bridgehead atoms. The van der Waals surface area contributed by atoms with Gasteiger partial charge in [-0.15, -0.1) is 10.2 Å². The molecule has 4 heterocycles. The molecule has 0 amide bonds. The number of ether oxygens (including phenoxy) is 1. The van der Waals surface area contributed by atoms with Crippen LogP contribution in [0.3, 0.4) is 0 Å². The van der Waals surface area contributed by atoms with Crippen molar-refractivity contribution in [2.24, 2.45) is 14.1 Å². The highest BCUT2D eigenvalue weighted by molar-refractivity contribution is 5.61. The number of benzene rings is 1. The monoisotopic (exact) mass is 497 g/mol. The average molecular weight is 497 g/mol. The highest BCUT2D eigenvalue weighted by atomic mass is 19.4. The highest BCUT2D eigenvalue weighted by Crippen LogP contribution is 2.30. The van der Waals surface area contributed by atoms with Crippen molar-refractivity contribution in [2.75, 3.05) is 0 Å². The molecule has 184 valence electrons. The van der Waals surface area contributed by atoms with Gasteiger partial charge in [-0.1, -0.05) is 29.4 Å². The lowest BCUT2D eigenvalue weighted by Gasteiger charge is -2.09. The van der Waals surface area contributed by atoms with Crippen LogP contribution in [0.15, 0.2) is 53.3 Å². The van der Waals surface area contributed by atoms with Crippen molar-refractivity contribution in [3.05, 3.63) is 71.4 Å². The van der Waals surface area contributed by atoms with Gasteiger partial charge in [0, 0.05) is 31.3 Å². The molecule has 0 saturated carbocycles. The van der Waals surface area contributed by atoms with Crippen molar-refractivity contribution < 1.29 is 22.4 Å². The summed E-state index contributed by atoms with van der Waals surface area (Å²) in [7, 11) is 3.41. The van der Waals surface area contributed by atoms with E-state index in [0.29, 0.717) is 29.3 Å². The molecule has 36 heavy (non-hydrogen) atoms. The predicted molar refractivity (Wildman–Crippen MR) is 117 cm³/mol. The van der Waals surface area contributed by atoms with Gasteiger partial charge in [0.05, 0.1) is 30.1 Å². The Bertz CT molecular complexity index is 1470. The van der Waals surface area contributed by atoms with E-state index in [4.69, 9.17) is 9.26 Å². The van der Waals surface area contributed by atoms with Crippen molar-refractivity contribution in [3.8, 4) is 28.7 Å². The van der Waals surface area contributed by atoms with Crippen LogP contribution < -0.4 is 4.74 Å². The summed E-state index contributed by atoms with van der Waals surface area (Å²) < 4.78 is 50.8. The molecule has 0 aliphatic heterocycles. The van der Waals surface area contributed by atoms with Gasteiger partial charge in [-0.05, 0) is 16.8 Å². The van der Waals surface area contributed by atoms with Crippen LogP contribution in [0.1, 0.15) is 22.6 Å². The summed E-state index contributed by atoms with van der Waals surface area (Å²) in [5, 5.41) is 20.2. The van der Waals surface area contributed by atoms with E-state index in [9.17, 15) is 13.2 Å². The van der Waals surface area contributed by atoms with Crippen LogP contribution in [0.5, 0.6) is 5.88 Å². The summed E-state index contributed by atoms with van der Waals surface area (Å²) in [6, 6.07) is 9.64. The Hall–Kier alpha value is -4.62. The molecule has 0 atom stereocenters. The van der Waals surface area contributed by atoms with Crippen molar-refractivity contribution >= 4 is 0 Å². The van der Waals surface area contributed by atoms with Gasteiger partial charge in [0.15, 0.2) is 5.82 Å². The maximum Gasteiger partial charge on any atom is 0.417 e. The summed E-state index contributed by atoms with van der Waals surface area (Å²) in [6.07, 6.45) is -1.66. The fraction of sp³-hybridized carbons (Fsp3) is 0.227. The number of nitrogens with zero attached hydrogens (tertiary/aromatic N) is 9. The van der Waals surface area contributed by atoms with E-state index < -0.39 is 11.7 Å². The smallest absolute Gasteiger partial charge is 0.417 e. The van der Waals surface area contributed by atoms with Gasteiger partial charge in [0.2, 0.25) is 11.7 Å². The molecule has 0 spiro atoms. The maximum absolute atomic E-state index is 12.7. The quantitative estimate of drug-likeness (QED) is 0.333.